The minimum absolute atomic E-state index is 0.0770. The first-order valence-electron chi connectivity index (χ1n) is 6.88. The van der Waals surface area contributed by atoms with E-state index in [4.69, 9.17) is 9.15 Å². The third kappa shape index (κ3) is 4.91. The van der Waals surface area contributed by atoms with Gasteiger partial charge in [0.25, 0.3) is 0 Å². The van der Waals surface area contributed by atoms with Crippen LogP contribution in [0.25, 0.3) is 6.08 Å². The fraction of sp³-hybridized carbons (Fsp3) is 0.533. The number of carbonyl (C=O) groups excluding carboxylic acids is 1. The minimum Gasteiger partial charge on any atom is -0.465 e. The van der Waals surface area contributed by atoms with E-state index in [1.54, 1.807) is 24.5 Å². The van der Waals surface area contributed by atoms with Crippen molar-refractivity contribution in [1.82, 2.24) is 4.90 Å². The number of rotatable bonds is 5. The molecule has 0 aromatic carbocycles. The monoisotopic (exact) mass is 263 g/mol. The molecule has 104 valence electrons. The molecule has 1 fully saturated rings. The van der Waals surface area contributed by atoms with E-state index in [2.05, 4.69) is 4.90 Å². The van der Waals surface area contributed by atoms with Gasteiger partial charge in [0.1, 0.15) is 11.9 Å². The smallest absolute Gasteiger partial charge is 0.331 e. The van der Waals surface area contributed by atoms with E-state index in [-0.39, 0.29) is 12.1 Å². The number of hydrogen-bond donors (Lipinski definition) is 0. The molecule has 0 aliphatic carbocycles. The van der Waals surface area contributed by atoms with E-state index in [0.717, 1.165) is 19.6 Å². The predicted octanol–water partition coefficient (Wildman–Crippen LogP) is 2.71. The Labute approximate surface area is 114 Å². The lowest BCUT2D eigenvalue weighted by Gasteiger charge is -2.28. The lowest BCUT2D eigenvalue weighted by Crippen LogP contribution is -2.36. The number of likely N-dealkylation sites (tertiary alicyclic amines) is 1. The van der Waals surface area contributed by atoms with E-state index in [0.29, 0.717) is 5.76 Å². The molecular weight excluding hydrogens is 242 g/mol. The maximum absolute atomic E-state index is 11.6. The van der Waals surface area contributed by atoms with Crippen molar-refractivity contribution in [2.45, 2.75) is 32.3 Å². The first-order chi connectivity index (χ1) is 9.24. The summed E-state index contributed by atoms with van der Waals surface area (Å²) in [5, 5.41) is 0. The highest BCUT2D eigenvalue weighted by Crippen LogP contribution is 2.10. The van der Waals surface area contributed by atoms with Gasteiger partial charge in [-0.15, -0.1) is 0 Å². The number of furan rings is 1. The van der Waals surface area contributed by atoms with Crippen molar-refractivity contribution in [3.05, 3.63) is 30.2 Å². The molecule has 1 aliphatic heterocycles. The molecular formula is C15H21NO3. The molecule has 0 bridgehead atoms. The van der Waals surface area contributed by atoms with Crippen LogP contribution < -0.4 is 0 Å². The Morgan fingerprint density at radius 3 is 2.95 bits per heavy atom. The Balaban J connectivity index is 1.72. The van der Waals surface area contributed by atoms with E-state index in [9.17, 15) is 4.79 Å². The minimum atomic E-state index is -0.319. The van der Waals surface area contributed by atoms with Gasteiger partial charge in [0.15, 0.2) is 0 Å². The van der Waals surface area contributed by atoms with E-state index in [1.807, 2.05) is 6.92 Å². The normalized spacial score (nSPS) is 18.6. The van der Waals surface area contributed by atoms with Crippen molar-refractivity contribution in [3.8, 4) is 0 Å². The van der Waals surface area contributed by atoms with Crippen molar-refractivity contribution >= 4 is 12.0 Å². The number of ether oxygens (including phenoxy) is 1. The van der Waals surface area contributed by atoms with Crippen LogP contribution in [-0.4, -0.2) is 36.6 Å². The molecule has 0 N–H and O–H groups in total. The lowest BCUT2D eigenvalue weighted by molar-refractivity contribution is -0.143. The Hall–Kier alpha value is -1.55. The lowest BCUT2D eigenvalue weighted by atomic mass is 10.1. The van der Waals surface area contributed by atoms with Crippen LogP contribution in [0.5, 0.6) is 0 Å². The summed E-state index contributed by atoms with van der Waals surface area (Å²) in [6.45, 7) is 4.99. The molecule has 19 heavy (non-hydrogen) atoms. The van der Waals surface area contributed by atoms with Gasteiger partial charge in [0.2, 0.25) is 0 Å². The summed E-state index contributed by atoms with van der Waals surface area (Å²) < 4.78 is 10.4. The van der Waals surface area contributed by atoms with Crippen LogP contribution >= 0.6 is 0 Å². The Morgan fingerprint density at radius 2 is 2.26 bits per heavy atom. The van der Waals surface area contributed by atoms with Crippen LogP contribution in [0.1, 0.15) is 31.9 Å². The van der Waals surface area contributed by atoms with Gasteiger partial charge in [-0.2, -0.15) is 0 Å². The Morgan fingerprint density at radius 1 is 1.47 bits per heavy atom. The Kier molecular flexibility index (Phi) is 5.21. The summed E-state index contributed by atoms with van der Waals surface area (Å²) in [6.07, 6.45) is 8.34. The zero-order valence-electron chi connectivity index (χ0n) is 11.4. The first-order valence-corrected chi connectivity index (χ1v) is 6.88. The summed E-state index contributed by atoms with van der Waals surface area (Å²) in [7, 11) is 0. The Bertz CT molecular complexity index is 405. The molecule has 1 saturated heterocycles. The fourth-order valence-electron chi connectivity index (χ4n) is 2.32. The SMILES string of the molecule is C[C@@H](CN1CCCCC1)OC(=O)/C=C/c1ccco1. The van der Waals surface area contributed by atoms with E-state index < -0.39 is 0 Å². The van der Waals surface area contributed by atoms with Gasteiger partial charge in [-0.1, -0.05) is 6.42 Å². The molecule has 1 aromatic heterocycles. The molecule has 4 nitrogen and oxygen atoms in total. The highest BCUT2D eigenvalue weighted by molar-refractivity contribution is 5.86. The van der Waals surface area contributed by atoms with Crippen molar-refractivity contribution in [3.63, 3.8) is 0 Å². The highest BCUT2D eigenvalue weighted by atomic mass is 16.5. The van der Waals surface area contributed by atoms with Crippen LogP contribution in [0.3, 0.4) is 0 Å². The highest BCUT2D eigenvalue weighted by Gasteiger charge is 2.15. The van der Waals surface area contributed by atoms with Gasteiger partial charge in [-0.3, -0.25) is 4.90 Å². The molecule has 0 saturated carbocycles. The molecule has 1 atom stereocenters. The predicted molar refractivity (Wildman–Crippen MR) is 73.6 cm³/mol. The maximum atomic E-state index is 11.6. The molecule has 4 heteroatoms. The van der Waals surface area contributed by atoms with Crippen molar-refractivity contribution < 1.29 is 13.9 Å². The van der Waals surface area contributed by atoms with E-state index >= 15 is 0 Å². The molecule has 2 rings (SSSR count). The molecule has 1 aromatic rings. The van der Waals surface area contributed by atoms with Gasteiger partial charge in [-0.05, 0) is 51.1 Å². The second-order valence-corrected chi connectivity index (χ2v) is 4.96. The van der Waals surface area contributed by atoms with E-state index in [1.165, 1.54) is 25.3 Å². The molecule has 0 spiro atoms. The molecule has 0 unspecified atom stereocenters. The van der Waals surface area contributed by atoms with Crippen LogP contribution in [0.2, 0.25) is 0 Å². The van der Waals surface area contributed by atoms with Gasteiger partial charge in [-0.25, -0.2) is 4.79 Å². The molecule has 0 radical (unpaired) electrons. The van der Waals surface area contributed by atoms with Crippen LogP contribution in [-0.2, 0) is 9.53 Å². The standard InChI is InChI=1S/C15H21NO3/c1-13(12-16-9-3-2-4-10-16)19-15(17)8-7-14-6-5-11-18-14/h5-8,11,13H,2-4,9-10,12H2,1H3/b8-7+/t13-/m0/s1. The number of carbonyl (C=O) groups is 1. The van der Waals surface area contributed by atoms with Gasteiger partial charge in [0.05, 0.1) is 6.26 Å². The summed E-state index contributed by atoms with van der Waals surface area (Å²) >= 11 is 0. The third-order valence-electron chi connectivity index (χ3n) is 3.21. The number of hydrogen-bond acceptors (Lipinski definition) is 4. The largest absolute Gasteiger partial charge is 0.465 e. The zero-order valence-corrected chi connectivity index (χ0v) is 11.4. The van der Waals surface area contributed by atoms with Crippen LogP contribution in [0, 0.1) is 0 Å². The summed E-state index contributed by atoms with van der Waals surface area (Å²) in [6, 6.07) is 3.57. The molecule has 0 amide bonds. The number of esters is 1. The third-order valence-corrected chi connectivity index (χ3v) is 3.21. The average molecular weight is 263 g/mol. The summed E-state index contributed by atoms with van der Waals surface area (Å²) in [5.74, 6) is 0.335. The van der Waals surface area contributed by atoms with Crippen LogP contribution in [0.4, 0.5) is 0 Å². The van der Waals surface area contributed by atoms with Crippen LogP contribution in [0.15, 0.2) is 28.9 Å². The molecule has 1 aliphatic rings. The van der Waals surface area contributed by atoms with Crippen molar-refractivity contribution in [2.75, 3.05) is 19.6 Å². The van der Waals surface area contributed by atoms with Crippen molar-refractivity contribution in [1.29, 1.82) is 0 Å². The quantitative estimate of drug-likeness (QED) is 0.605. The summed E-state index contributed by atoms with van der Waals surface area (Å²) in [5.41, 5.74) is 0. The van der Waals surface area contributed by atoms with Crippen molar-refractivity contribution in [2.24, 2.45) is 0 Å². The first kappa shape index (κ1) is 13.9. The average Bonchev–Trinajstić information content (AvgIpc) is 2.90. The van der Waals surface area contributed by atoms with Gasteiger partial charge >= 0.3 is 5.97 Å². The van der Waals surface area contributed by atoms with Gasteiger partial charge in [0, 0.05) is 12.6 Å². The molecule has 2 heterocycles. The van der Waals surface area contributed by atoms with Gasteiger partial charge < -0.3 is 9.15 Å². The second kappa shape index (κ2) is 7.14. The summed E-state index contributed by atoms with van der Waals surface area (Å²) in [4.78, 5) is 14.0. The second-order valence-electron chi connectivity index (χ2n) is 4.96. The topological polar surface area (TPSA) is 42.7 Å². The maximum Gasteiger partial charge on any atom is 0.331 e. The number of nitrogens with zero attached hydrogens (tertiary/aromatic N) is 1. The fourth-order valence-corrected chi connectivity index (χ4v) is 2.32. The number of piperidine rings is 1. The zero-order chi connectivity index (χ0) is 13.5.